The maximum absolute atomic E-state index is 11.4. The van der Waals surface area contributed by atoms with Crippen molar-refractivity contribution >= 4 is 17.7 Å². The fourth-order valence-electron chi connectivity index (χ4n) is 1.85. The fourth-order valence-corrected chi connectivity index (χ4v) is 3.06. The van der Waals surface area contributed by atoms with E-state index in [9.17, 15) is 15.0 Å². The highest BCUT2D eigenvalue weighted by atomic mass is 32.2. The molecule has 0 aromatic heterocycles. The van der Waals surface area contributed by atoms with Crippen LogP contribution in [0.4, 0.5) is 0 Å². The maximum Gasteiger partial charge on any atom is 0.337 e. The van der Waals surface area contributed by atoms with Crippen molar-refractivity contribution < 1.29 is 19.7 Å². The van der Waals surface area contributed by atoms with Crippen LogP contribution in [0.3, 0.4) is 0 Å². The third kappa shape index (κ3) is 2.70. The largest absolute Gasteiger partial charge is 0.479 e. The highest BCUT2D eigenvalue weighted by molar-refractivity contribution is 8.00. The number of rotatable bonds is 4. The number of carboxylic acid groups (broad SMARTS) is 1. The van der Waals surface area contributed by atoms with E-state index in [4.69, 9.17) is 4.74 Å². The van der Waals surface area contributed by atoms with Gasteiger partial charge in [-0.3, -0.25) is 0 Å². The van der Waals surface area contributed by atoms with Gasteiger partial charge in [-0.1, -0.05) is 0 Å². The molecule has 0 spiro atoms. The van der Waals surface area contributed by atoms with Gasteiger partial charge < -0.3 is 14.9 Å². The van der Waals surface area contributed by atoms with E-state index in [1.807, 2.05) is 6.92 Å². The van der Waals surface area contributed by atoms with E-state index in [0.717, 1.165) is 12.2 Å². The van der Waals surface area contributed by atoms with Crippen molar-refractivity contribution in [1.29, 1.82) is 0 Å². The van der Waals surface area contributed by atoms with Gasteiger partial charge in [0.05, 0.1) is 12.2 Å². The lowest BCUT2D eigenvalue weighted by Gasteiger charge is -2.40. The molecule has 4 atom stereocenters. The standard InChI is InChI=1S/C11H20O4S/c1-7(12)8(2)15-11(10(13)14)5-4-6-16-9(11)3/h7-9,12H,4-6H2,1-3H3,(H,13,14). The smallest absolute Gasteiger partial charge is 0.337 e. The average Bonchev–Trinajstić information content (AvgIpc) is 2.20. The van der Waals surface area contributed by atoms with Crippen molar-refractivity contribution in [3.63, 3.8) is 0 Å². The second-order valence-corrected chi connectivity index (χ2v) is 5.82. The number of aliphatic carboxylic acids is 1. The minimum atomic E-state index is -1.14. The number of hydrogen-bond donors (Lipinski definition) is 2. The van der Waals surface area contributed by atoms with Crippen molar-refractivity contribution in [2.24, 2.45) is 0 Å². The van der Waals surface area contributed by atoms with Gasteiger partial charge in [0.15, 0.2) is 5.60 Å². The monoisotopic (exact) mass is 248 g/mol. The van der Waals surface area contributed by atoms with Gasteiger partial charge in [0.2, 0.25) is 0 Å². The summed E-state index contributed by atoms with van der Waals surface area (Å²) < 4.78 is 5.64. The lowest BCUT2D eigenvalue weighted by atomic mass is 9.93. The summed E-state index contributed by atoms with van der Waals surface area (Å²) in [6.45, 7) is 5.20. The number of ether oxygens (including phenoxy) is 1. The topological polar surface area (TPSA) is 66.8 Å². The van der Waals surface area contributed by atoms with Crippen LogP contribution in [0.25, 0.3) is 0 Å². The first kappa shape index (κ1) is 13.8. The number of carboxylic acids is 1. The lowest BCUT2D eigenvalue weighted by Crippen LogP contribution is -2.54. The highest BCUT2D eigenvalue weighted by Crippen LogP contribution is 2.38. The molecule has 4 unspecified atom stereocenters. The van der Waals surface area contributed by atoms with Crippen LogP contribution in [0.1, 0.15) is 33.6 Å². The van der Waals surface area contributed by atoms with Gasteiger partial charge in [0.25, 0.3) is 0 Å². The van der Waals surface area contributed by atoms with Crippen molar-refractivity contribution in [2.45, 2.75) is 56.7 Å². The molecule has 1 aliphatic heterocycles. The second kappa shape index (κ2) is 5.38. The molecule has 1 fully saturated rings. The third-order valence-electron chi connectivity index (χ3n) is 3.15. The van der Waals surface area contributed by atoms with Crippen molar-refractivity contribution in [3.8, 4) is 0 Å². The van der Waals surface area contributed by atoms with Gasteiger partial charge in [-0.15, -0.1) is 0 Å². The van der Waals surface area contributed by atoms with Crippen LogP contribution in [0.5, 0.6) is 0 Å². The number of carbonyl (C=O) groups is 1. The highest BCUT2D eigenvalue weighted by Gasteiger charge is 2.48. The third-order valence-corrected chi connectivity index (χ3v) is 4.56. The van der Waals surface area contributed by atoms with E-state index >= 15 is 0 Å². The predicted octanol–water partition coefficient (Wildman–Crippen LogP) is 1.51. The summed E-state index contributed by atoms with van der Waals surface area (Å²) >= 11 is 1.62. The average molecular weight is 248 g/mol. The van der Waals surface area contributed by atoms with Crippen LogP contribution >= 0.6 is 11.8 Å². The number of hydrogen-bond acceptors (Lipinski definition) is 4. The molecule has 5 heteroatoms. The first-order valence-electron chi connectivity index (χ1n) is 5.61. The lowest BCUT2D eigenvalue weighted by molar-refractivity contribution is -0.181. The van der Waals surface area contributed by atoms with Crippen LogP contribution < -0.4 is 0 Å². The van der Waals surface area contributed by atoms with Gasteiger partial charge in [-0.25, -0.2) is 4.79 Å². The fraction of sp³-hybridized carbons (Fsp3) is 0.909. The Kier molecular flexibility index (Phi) is 4.64. The Bertz CT molecular complexity index is 256. The molecule has 0 aromatic carbocycles. The molecule has 1 aliphatic rings. The van der Waals surface area contributed by atoms with E-state index in [1.165, 1.54) is 0 Å². The van der Waals surface area contributed by atoms with Crippen LogP contribution in [0.15, 0.2) is 0 Å². The van der Waals surface area contributed by atoms with Gasteiger partial charge in [-0.2, -0.15) is 11.8 Å². The Labute approximate surface area is 100 Å². The summed E-state index contributed by atoms with van der Waals surface area (Å²) in [6, 6.07) is 0. The number of aliphatic hydroxyl groups excluding tert-OH is 1. The SMILES string of the molecule is CC(O)C(C)OC1(C(=O)O)CCCSC1C. The van der Waals surface area contributed by atoms with Gasteiger partial charge in [-0.05, 0) is 39.4 Å². The molecule has 0 aromatic rings. The zero-order chi connectivity index (χ0) is 12.3. The zero-order valence-electron chi connectivity index (χ0n) is 9.97. The van der Waals surface area contributed by atoms with E-state index < -0.39 is 23.8 Å². The van der Waals surface area contributed by atoms with E-state index in [1.54, 1.807) is 25.6 Å². The quantitative estimate of drug-likeness (QED) is 0.789. The molecule has 1 heterocycles. The summed E-state index contributed by atoms with van der Waals surface area (Å²) in [5.74, 6) is 0.0579. The molecule has 1 rings (SSSR count). The molecule has 0 amide bonds. The molecule has 0 saturated carbocycles. The minimum Gasteiger partial charge on any atom is -0.479 e. The van der Waals surface area contributed by atoms with Crippen molar-refractivity contribution in [3.05, 3.63) is 0 Å². The molecule has 4 nitrogen and oxygen atoms in total. The molecular formula is C11H20O4S. The Morgan fingerprint density at radius 3 is 2.62 bits per heavy atom. The molecule has 1 saturated heterocycles. The number of thioether (sulfide) groups is 1. The maximum atomic E-state index is 11.4. The Balaban J connectivity index is 2.83. The van der Waals surface area contributed by atoms with E-state index in [0.29, 0.717) is 6.42 Å². The molecular weight excluding hydrogens is 228 g/mol. The van der Waals surface area contributed by atoms with Crippen molar-refractivity contribution in [2.75, 3.05) is 5.75 Å². The van der Waals surface area contributed by atoms with Crippen LogP contribution in [0.2, 0.25) is 0 Å². The molecule has 16 heavy (non-hydrogen) atoms. The Morgan fingerprint density at radius 2 is 2.19 bits per heavy atom. The predicted molar refractivity (Wildman–Crippen MR) is 63.7 cm³/mol. The van der Waals surface area contributed by atoms with Gasteiger partial charge in [0, 0.05) is 5.25 Å². The zero-order valence-corrected chi connectivity index (χ0v) is 10.8. The summed E-state index contributed by atoms with van der Waals surface area (Å²) in [7, 11) is 0. The summed E-state index contributed by atoms with van der Waals surface area (Å²) in [4.78, 5) is 11.4. The molecule has 94 valence electrons. The van der Waals surface area contributed by atoms with E-state index in [2.05, 4.69) is 0 Å². The van der Waals surface area contributed by atoms with E-state index in [-0.39, 0.29) is 5.25 Å². The first-order chi connectivity index (χ1) is 7.40. The summed E-state index contributed by atoms with van der Waals surface area (Å²) in [5.41, 5.74) is -1.14. The normalized spacial score (nSPS) is 34.4. The van der Waals surface area contributed by atoms with Gasteiger partial charge in [0.1, 0.15) is 0 Å². The summed E-state index contributed by atoms with van der Waals surface area (Å²) in [6.07, 6.45) is 0.245. The second-order valence-electron chi connectivity index (χ2n) is 4.37. The van der Waals surface area contributed by atoms with Crippen LogP contribution in [0, 0.1) is 0 Å². The number of aliphatic hydroxyl groups is 1. The molecule has 0 aliphatic carbocycles. The van der Waals surface area contributed by atoms with Crippen molar-refractivity contribution in [1.82, 2.24) is 0 Å². The van der Waals surface area contributed by atoms with Crippen LogP contribution in [-0.2, 0) is 9.53 Å². The van der Waals surface area contributed by atoms with Crippen LogP contribution in [-0.4, -0.2) is 45.0 Å². The first-order valence-corrected chi connectivity index (χ1v) is 6.66. The molecule has 0 bridgehead atoms. The molecule has 0 radical (unpaired) electrons. The van der Waals surface area contributed by atoms with Gasteiger partial charge >= 0.3 is 5.97 Å². The summed E-state index contributed by atoms with van der Waals surface area (Å²) in [5, 5.41) is 18.7. The molecule has 2 N–H and O–H groups in total. The minimum absolute atomic E-state index is 0.0834. The Hall–Kier alpha value is -0.260. The Morgan fingerprint density at radius 1 is 1.56 bits per heavy atom.